The fraction of sp³-hybridized carbons (Fsp3) is 0.400. The van der Waals surface area contributed by atoms with Gasteiger partial charge in [-0.3, -0.25) is 20.2 Å². The van der Waals surface area contributed by atoms with Crippen LogP contribution in [0.15, 0.2) is 48.5 Å². The minimum atomic E-state index is -0.880. The van der Waals surface area contributed by atoms with E-state index in [9.17, 15) is 24.5 Å². The van der Waals surface area contributed by atoms with Crippen molar-refractivity contribution < 1.29 is 28.8 Å². The Morgan fingerprint density at radius 1 is 1.11 bits per heavy atom. The number of nitrogens with zero attached hydrogens (tertiary/aromatic N) is 2. The molecule has 11 nitrogen and oxygen atoms in total. The summed E-state index contributed by atoms with van der Waals surface area (Å²) in [5, 5.41) is 15.7. The van der Waals surface area contributed by atoms with Gasteiger partial charge in [0, 0.05) is 38.9 Å². The predicted octanol–water partition coefficient (Wildman–Crippen LogP) is 2.68. The Morgan fingerprint density at radius 3 is 2.50 bits per heavy atom. The van der Waals surface area contributed by atoms with Gasteiger partial charge < -0.3 is 19.7 Å². The van der Waals surface area contributed by atoms with Crippen molar-refractivity contribution >= 4 is 29.3 Å². The number of piperidine rings is 1. The second-order valence-corrected chi connectivity index (χ2v) is 8.45. The summed E-state index contributed by atoms with van der Waals surface area (Å²) in [6.45, 7) is 1.12. The molecule has 3 amide bonds. The smallest absolute Gasteiger partial charge is 0.341 e. The number of non-ortho nitro benzene ring substituents is 1. The van der Waals surface area contributed by atoms with Crippen molar-refractivity contribution in [2.45, 2.75) is 19.3 Å². The van der Waals surface area contributed by atoms with Gasteiger partial charge in [-0.2, -0.15) is 0 Å². The lowest BCUT2D eigenvalue weighted by molar-refractivity contribution is -0.384. The third-order valence-electron chi connectivity index (χ3n) is 5.91. The lowest BCUT2D eigenvalue weighted by Crippen LogP contribution is -2.42. The zero-order chi connectivity index (χ0) is 25.9. The number of esters is 1. The zero-order valence-corrected chi connectivity index (χ0v) is 20.1. The minimum Gasteiger partial charge on any atom is -0.452 e. The third kappa shape index (κ3) is 7.77. The molecule has 1 saturated heterocycles. The highest BCUT2D eigenvalue weighted by molar-refractivity contribution is 5.99. The maximum Gasteiger partial charge on any atom is 0.341 e. The highest BCUT2D eigenvalue weighted by Gasteiger charge is 2.26. The predicted molar refractivity (Wildman–Crippen MR) is 132 cm³/mol. The van der Waals surface area contributed by atoms with Crippen molar-refractivity contribution in [3.63, 3.8) is 0 Å². The molecular formula is C25H30N4O7. The normalized spacial score (nSPS) is 13.6. The summed E-state index contributed by atoms with van der Waals surface area (Å²) in [5.41, 5.74) is 1.54. The van der Waals surface area contributed by atoms with E-state index < -0.39 is 29.4 Å². The molecule has 11 heteroatoms. The number of carbonyl (C=O) groups is 3. The number of amides is 3. The van der Waals surface area contributed by atoms with Crippen LogP contribution in [-0.4, -0.2) is 62.8 Å². The number of nitro benzene ring substituents is 1. The van der Waals surface area contributed by atoms with E-state index in [1.54, 1.807) is 0 Å². The lowest BCUT2D eigenvalue weighted by atomic mass is 9.90. The van der Waals surface area contributed by atoms with Gasteiger partial charge in [0.1, 0.15) is 0 Å². The van der Waals surface area contributed by atoms with Gasteiger partial charge in [0.25, 0.3) is 11.6 Å². The number of anilines is 1. The number of ether oxygens (including phenoxy) is 2. The first-order valence-electron chi connectivity index (χ1n) is 11.7. The maximum atomic E-state index is 12.8. The van der Waals surface area contributed by atoms with Crippen molar-refractivity contribution in [3.8, 4) is 0 Å². The van der Waals surface area contributed by atoms with E-state index in [1.165, 1.54) is 24.8 Å². The quantitative estimate of drug-likeness (QED) is 0.221. The molecule has 0 spiro atoms. The first kappa shape index (κ1) is 26.6. The van der Waals surface area contributed by atoms with E-state index >= 15 is 0 Å². The highest BCUT2D eigenvalue weighted by Crippen LogP contribution is 2.31. The standard InChI is InChI=1S/C25H30N4O7/c1-35-14-11-26-25(32)27-23(30)17-36-24(31)21-16-20(29(33)34)7-8-22(21)28-12-9-19(10-13-28)15-18-5-3-2-4-6-18/h2-8,16,19H,9-15,17H2,1H3,(H2,26,27,30,32). The molecule has 0 aromatic heterocycles. The van der Waals surface area contributed by atoms with Crippen LogP contribution in [0.5, 0.6) is 0 Å². The molecule has 2 N–H and O–H groups in total. The topological polar surface area (TPSA) is 140 Å². The number of carbonyl (C=O) groups excluding carboxylic acids is 3. The van der Waals surface area contributed by atoms with Crippen molar-refractivity contribution in [1.82, 2.24) is 10.6 Å². The van der Waals surface area contributed by atoms with Gasteiger partial charge in [-0.25, -0.2) is 9.59 Å². The Balaban J connectivity index is 1.62. The van der Waals surface area contributed by atoms with Gasteiger partial charge >= 0.3 is 12.0 Å². The number of methoxy groups -OCH3 is 1. The van der Waals surface area contributed by atoms with Gasteiger partial charge in [0.2, 0.25) is 0 Å². The SMILES string of the molecule is COCCNC(=O)NC(=O)COC(=O)c1cc([N+](=O)[O-])ccc1N1CCC(Cc2ccccc2)CC1. The summed E-state index contributed by atoms with van der Waals surface area (Å²) < 4.78 is 9.87. The number of nitrogens with one attached hydrogen (secondary N) is 2. The van der Waals surface area contributed by atoms with Gasteiger partial charge in [-0.15, -0.1) is 0 Å². The van der Waals surface area contributed by atoms with E-state index in [1.807, 2.05) is 28.4 Å². The molecule has 192 valence electrons. The highest BCUT2D eigenvalue weighted by atomic mass is 16.6. The first-order valence-corrected chi connectivity index (χ1v) is 11.7. The number of benzene rings is 2. The number of nitro groups is 1. The number of hydrogen-bond donors (Lipinski definition) is 2. The number of urea groups is 1. The summed E-state index contributed by atoms with van der Waals surface area (Å²) in [7, 11) is 1.47. The lowest BCUT2D eigenvalue weighted by Gasteiger charge is -2.34. The van der Waals surface area contributed by atoms with Crippen LogP contribution in [0.4, 0.5) is 16.2 Å². The van der Waals surface area contributed by atoms with Gasteiger partial charge in [-0.1, -0.05) is 30.3 Å². The fourth-order valence-electron chi connectivity index (χ4n) is 4.08. The molecule has 0 atom stereocenters. The van der Waals surface area contributed by atoms with E-state index in [2.05, 4.69) is 17.4 Å². The van der Waals surface area contributed by atoms with E-state index in [-0.39, 0.29) is 24.4 Å². The Bertz CT molecular complexity index is 1070. The van der Waals surface area contributed by atoms with Crippen LogP contribution in [0.25, 0.3) is 0 Å². The second-order valence-electron chi connectivity index (χ2n) is 8.45. The minimum absolute atomic E-state index is 0.00283. The molecule has 3 rings (SSSR count). The monoisotopic (exact) mass is 498 g/mol. The molecule has 0 aliphatic carbocycles. The Kier molecular flexibility index (Phi) is 9.75. The van der Waals surface area contributed by atoms with Crippen molar-refractivity contribution in [2.24, 2.45) is 5.92 Å². The molecule has 36 heavy (non-hydrogen) atoms. The summed E-state index contributed by atoms with van der Waals surface area (Å²) >= 11 is 0. The Morgan fingerprint density at radius 2 is 1.83 bits per heavy atom. The average Bonchev–Trinajstić information content (AvgIpc) is 2.88. The molecule has 1 fully saturated rings. The van der Waals surface area contributed by atoms with E-state index in [0.717, 1.165) is 25.3 Å². The van der Waals surface area contributed by atoms with Gasteiger partial charge in [0.05, 0.1) is 22.8 Å². The van der Waals surface area contributed by atoms with Gasteiger partial charge in [-0.05, 0) is 36.8 Å². The van der Waals surface area contributed by atoms with Crippen LogP contribution < -0.4 is 15.5 Å². The van der Waals surface area contributed by atoms with Crippen LogP contribution in [0.1, 0.15) is 28.8 Å². The van der Waals surface area contributed by atoms with Crippen molar-refractivity contribution in [2.75, 3.05) is 44.9 Å². The van der Waals surface area contributed by atoms with Crippen LogP contribution in [0.2, 0.25) is 0 Å². The largest absolute Gasteiger partial charge is 0.452 e. The van der Waals surface area contributed by atoms with Crippen molar-refractivity contribution in [3.05, 3.63) is 69.8 Å². The second kappa shape index (κ2) is 13.2. The molecule has 0 unspecified atom stereocenters. The number of rotatable bonds is 10. The van der Waals surface area contributed by atoms with E-state index in [4.69, 9.17) is 9.47 Å². The van der Waals surface area contributed by atoms with Gasteiger partial charge in [0.15, 0.2) is 6.61 Å². The van der Waals surface area contributed by atoms with E-state index in [0.29, 0.717) is 24.7 Å². The molecule has 2 aromatic rings. The Labute approximate surface area is 208 Å². The summed E-state index contributed by atoms with van der Waals surface area (Å²) in [4.78, 5) is 49.1. The fourth-order valence-corrected chi connectivity index (χ4v) is 4.08. The third-order valence-corrected chi connectivity index (χ3v) is 5.91. The zero-order valence-electron chi connectivity index (χ0n) is 20.1. The van der Waals surface area contributed by atoms with Crippen LogP contribution in [0.3, 0.4) is 0 Å². The summed E-state index contributed by atoms with van der Waals surface area (Å²) in [5.74, 6) is -1.21. The molecule has 1 aliphatic heterocycles. The van der Waals surface area contributed by atoms with Crippen molar-refractivity contribution in [1.29, 1.82) is 0 Å². The molecule has 0 radical (unpaired) electrons. The maximum absolute atomic E-state index is 12.8. The van der Waals surface area contributed by atoms with Crippen LogP contribution in [0, 0.1) is 16.0 Å². The average molecular weight is 499 g/mol. The molecule has 1 aliphatic rings. The summed E-state index contributed by atoms with van der Waals surface area (Å²) in [6, 6.07) is 13.5. The molecule has 2 aromatic carbocycles. The number of hydrogen-bond acceptors (Lipinski definition) is 8. The molecule has 0 saturated carbocycles. The molecule has 1 heterocycles. The molecule has 0 bridgehead atoms. The van der Waals surface area contributed by atoms with Crippen LogP contribution >= 0.6 is 0 Å². The first-order chi connectivity index (χ1) is 17.4. The Hall–Kier alpha value is -3.99. The van der Waals surface area contributed by atoms with Crippen LogP contribution in [-0.2, 0) is 20.7 Å². The number of imide groups is 1. The molecular weight excluding hydrogens is 468 g/mol. The summed E-state index contributed by atoms with van der Waals surface area (Å²) in [6.07, 6.45) is 2.78.